The summed E-state index contributed by atoms with van der Waals surface area (Å²) in [4.78, 5) is 3.78. The lowest BCUT2D eigenvalue weighted by molar-refractivity contribution is -0.137. The first-order chi connectivity index (χ1) is 9.40. The number of nitrogens with zero attached hydrogens (tertiary/aromatic N) is 2. The lowest BCUT2D eigenvalue weighted by atomic mass is 10.1. The Balaban J connectivity index is 2.37. The van der Waals surface area contributed by atoms with Crippen LogP contribution in [0.5, 0.6) is 0 Å². The maximum absolute atomic E-state index is 12.8. The van der Waals surface area contributed by atoms with Gasteiger partial charge in [-0.1, -0.05) is 0 Å². The fourth-order valence-electron chi connectivity index (χ4n) is 1.65. The Morgan fingerprint density at radius 1 is 1.15 bits per heavy atom. The Morgan fingerprint density at radius 3 is 2.45 bits per heavy atom. The molecule has 1 heterocycles. The van der Waals surface area contributed by atoms with E-state index in [0.717, 1.165) is 12.1 Å². The van der Waals surface area contributed by atoms with Crippen LogP contribution in [0.25, 0.3) is 0 Å². The third kappa shape index (κ3) is 2.98. The molecule has 2 aromatic rings. The van der Waals surface area contributed by atoms with Crippen LogP contribution in [-0.4, -0.2) is 4.98 Å². The Kier molecular flexibility index (Phi) is 3.48. The minimum absolute atomic E-state index is 0.210. The number of hydrogen-bond donors (Lipinski definition) is 2. The van der Waals surface area contributed by atoms with Crippen molar-refractivity contribution in [1.82, 2.24) is 4.98 Å². The Bertz CT molecular complexity index is 674. The molecule has 0 bridgehead atoms. The van der Waals surface area contributed by atoms with Crippen molar-refractivity contribution in [2.75, 3.05) is 11.1 Å². The van der Waals surface area contributed by atoms with Gasteiger partial charge in [0.1, 0.15) is 5.82 Å². The lowest BCUT2D eigenvalue weighted by Gasteiger charge is -2.12. The molecule has 3 N–H and O–H groups in total. The monoisotopic (exact) mass is 278 g/mol. The summed E-state index contributed by atoms with van der Waals surface area (Å²) in [5, 5.41) is 11.5. The number of nitrogens with two attached hydrogens (primary N) is 1. The van der Waals surface area contributed by atoms with Crippen molar-refractivity contribution in [2.45, 2.75) is 6.18 Å². The molecule has 0 aliphatic carbocycles. The van der Waals surface area contributed by atoms with E-state index in [9.17, 15) is 13.2 Å². The first kappa shape index (κ1) is 13.7. The average molecular weight is 278 g/mol. The molecule has 4 nitrogen and oxygen atoms in total. The van der Waals surface area contributed by atoms with Gasteiger partial charge in [-0.2, -0.15) is 18.4 Å². The van der Waals surface area contributed by atoms with Gasteiger partial charge in [-0.3, -0.25) is 0 Å². The second kappa shape index (κ2) is 5.09. The van der Waals surface area contributed by atoms with Crippen LogP contribution in [0.15, 0.2) is 36.5 Å². The van der Waals surface area contributed by atoms with E-state index in [1.54, 1.807) is 6.07 Å². The smallest absolute Gasteiger partial charge is 0.384 e. The maximum atomic E-state index is 12.8. The molecule has 0 aliphatic heterocycles. The van der Waals surface area contributed by atoms with Gasteiger partial charge in [0.2, 0.25) is 0 Å². The summed E-state index contributed by atoms with van der Waals surface area (Å²) in [6.07, 6.45) is -3.15. The second-order valence-corrected chi connectivity index (χ2v) is 3.96. The molecule has 7 heteroatoms. The van der Waals surface area contributed by atoms with E-state index in [1.807, 2.05) is 0 Å². The number of aromatic nitrogens is 1. The predicted molar refractivity (Wildman–Crippen MR) is 68.1 cm³/mol. The number of benzene rings is 1. The van der Waals surface area contributed by atoms with Gasteiger partial charge in [-0.25, -0.2) is 4.98 Å². The number of anilines is 3. The van der Waals surface area contributed by atoms with E-state index >= 15 is 0 Å². The van der Waals surface area contributed by atoms with Crippen molar-refractivity contribution in [3.63, 3.8) is 0 Å². The number of nitrogens with one attached hydrogen (secondary N) is 1. The summed E-state index contributed by atoms with van der Waals surface area (Å²) < 4.78 is 38.4. The van der Waals surface area contributed by atoms with E-state index in [4.69, 9.17) is 11.0 Å². The Hall–Kier alpha value is -2.75. The van der Waals surface area contributed by atoms with E-state index in [2.05, 4.69) is 10.3 Å². The van der Waals surface area contributed by atoms with Crippen molar-refractivity contribution in [3.05, 3.63) is 47.7 Å². The molecule has 0 spiro atoms. The highest BCUT2D eigenvalue weighted by Gasteiger charge is 2.33. The molecule has 2 rings (SSSR count). The van der Waals surface area contributed by atoms with Crippen LogP contribution in [0.3, 0.4) is 0 Å². The maximum Gasteiger partial charge on any atom is 0.417 e. The molecule has 0 atom stereocenters. The Labute approximate surface area is 112 Å². The van der Waals surface area contributed by atoms with Crippen LogP contribution in [0.1, 0.15) is 11.1 Å². The molecule has 0 saturated carbocycles. The fraction of sp³-hybridized carbons (Fsp3) is 0.0769. The van der Waals surface area contributed by atoms with Crippen molar-refractivity contribution >= 4 is 17.2 Å². The summed E-state index contributed by atoms with van der Waals surface area (Å²) in [6, 6.07) is 7.99. The van der Waals surface area contributed by atoms with Crippen LogP contribution in [0, 0.1) is 11.3 Å². The van der Waals surface area contributed by atoms with Crippen LogP contribution in [-0.2, 0) is 6.18 Å². The highest BCUT2D eigenvalue weighted by molar-refractivity contribution is 5.64. The van der Waals surface area contributed by atoms with Crippen LogP contribution < -0.4 is 11.1 Å². The largest absolute Gasteiger partial charge is 0.417 e. The van der Waals surface area contributed by atoms with E-state index in [0.29, 0.717) is 5.69 Å². The van der Waals surface area contributed by atoms with E-state index in [-0.39, 0.29) is 11.5 Å². The van der Waals surface area contributed by atoms with Crippen LogP contribution >= 0.6 is 0 Å². The molecule has 0 fully saturated rings. The summed E-state index contributed by atoms with van der Waals surface area (Å²) in [5.74, 6) is 0.250. The predicted octanol–water partition coefficient (Wildman–Crippen LogP) is 3.30. The topological polar surface area (TPSA) is 74.7 Å². The third-order valence-electron chi connectivity index (χ3n) is 2.52. The molecule has 0 aliphatic rings. The molecule has 20 heavy (non-hydrogen) atoms. The highest BCUT2D eigenvalue weighted by atomic mass is 19.4. The second-order valence-electron chi connectivity index (χ2n) is 3.96. The molecule has 0 unspecified atom stereocenters. The van der Waals surface area contributed by atoms with Crippen LogP contribution in [0.4, 0.5) is 30.4 Å². The minimum atomic E-state index is -4.58. The molecule has 1 aromatic heterocycles. The van der Waals surface area contributed by atoms with Crippen molar-refractivity contribution < 1.29 is 13.2 Å². The number of nitrogen functional groups attached to an aromatic ring is 1. The first-order valence-electron chi connectivity index (χ1n) is 5.50. The number of pyridine rings is 1. The fourth-order valence-corrected chi connectivity index (χ4v) is 1.65. The van der Waals surface area contributed by atoms with Gasteiger partial charge in [-0.05, 0) is 24.3 Å². The zero-order valence-electron chi connectivity index (χ0n) is 10.1. The van der Waals surface area contributed by atoms with Crippen molar-refractivity contribution in [3.8, 4) is 6.07 Å². The summed E-state index contributed by atoms with van der Waals surface area (Å²) in [7, 11) is 0. The SMILES string of the molecule is N#Cc1ccc(Nc2ccnc(N)c2)cc1C(F)(F)F. The third-order valence-corrected chi connectivity index (χ3v) is 2.52. The molecular formula is C13H9F3N4. The molecular weight excluding hydrogens is 269 g/mol. The van der Waals surface area contributed by atoms with Gasteiger partial charge in [0, 0.05) is 23.6 Å². The number of hydrogen-bond acceptors (Lipinski definition) is 4. The number of halogens is 3. The highest BCUT2D eigenvalue weighted by Crippen LogP contribution is 2.34. The van der Waals surface area contributed by atoms with E-state index in [1.165, 1.54) is 24.4 Å². The van der Waals surface area contributed by atoms with Gasteiger partial charge < -0.3 is 11.1 Å². The number of alkyl halides is 3. The summed E-state index contributed by atoms with van der Waals surface area (Å²) >= 11 is 0. The van der Waals surface area contributed by atoms with Gasteiger partial charge in [0.15, 0.2) is 0 Å². The van der Waals surface area contributed by atoms with E-state index < -0.39 is 17.3 Å². The Morgan fingerprint density at radius 2 is 1.85 bits per heavy atom. The van der Waals surface area contributed by atoms with Gasteiger partial charge in [-0.15, -0.1) is 0 Å². The zero-order chi connectivity index (χ0) is 14.8. The minimum Gasteiger partial charge on any atom is -0.384 e. The van der Waals surface area contributed by atoms with Crippen LogP contribution in [0.2, 0.25) is 0 Å². The summed E-state index contributed by atoms with van der Waals surface area (Å²) in [6.45, 7) is 0. The van der Waals surface area contributed by atoms with Crippen molar-refractivity contribution in [2.24, 2.45) is 0 Å². The molecule has 1 aromatic carbocycles. The zero-order valence-corrected chi connectivity index (χ0v) is 10.1. The molecule has 0 radical (unpaired) electrons. The lowest BCUT2D eigenvalue weighted by Crippen LogP contribution is -2.08. The number of nitriles is 1. The molecule has 102 valence electrons. The average Bonchev–Trinajstić information content (AvgIpc) is 2.37. The van der Waals surface area contributed by atoms with Gasteiger partial charge >= 0.3 is 6.18 Å². The van der Waals surface area contributed by atoms with Gasteiger partial charge in [0.05, 0.1) is 17.2 Å². The normalized spacial score (nSPS) is 10.9. The standard InChI is InChI=1S/C13H9F3N4/c14-13(15,16)11-5-9(2-1-8(11)7-17)20-10-3-4-19-12(18)6-10/h1-6H,(H3,18,19,20). The first-order valence-corrected chi connectivity index (χ1v) is 5.50. The quantitative estimate of drug-likeness (QED) is 0.883. The summed E-state index contributed by atoms with van der Waals surface area (Å²) in [5.41, 5.74) is 4.80. The van der Waals surface area contributed by atoms with Crippen molar-refractivity contribution in [1.29, 1.82) is 5.26 Å². The molecule has 0 amide bonds. The van der Waals surface area contributed by atoms with Gasteiger partial charge in [0.25, 0.3) is 0 Å². The number of rotatable bonds is 2. The molecule has 0 saturated heterocycles.